The maximum absolute atomic E-state index is 10.1. The highest BCUT2D eigenvalue weighted by Crippen LogP contribution is 2.42. The first-order valence-electron chi connectivity index (χ1n) is 6.84. The number of allylic oxidation sites excluding steroid dienone is 1. The number of nitrogens with two attached hydrogens (primary N) is 1. The van der Waals surface area contributed by atoms with Crippen molar-refractivity contribution in [1.29, 1.82) is 0 Å². The van der Waals surface area contributed by atoms with Gasteiger partial charge in [0.25, 0.3) is 0 Å². The fraction of sp³-hybridized carbons (Fsp3) is 0.176. The number of phenols is 3. The summed E-state index contributed by atoms with van der Waals surface area (Å²) in [6, 6.07) is 10.3. The van der Waals surface area contributed by atoms with Crippen LogP contribution in [-0.4, -0.2) is 21.9 Å². The lowest BCUT2D eigenvalue weighted by Gasteiger charge is -2.25. The van der Waals surface area contributed by atoms with Gasteiger partial charge in [0.05, 0.1) is 0 Å². The summed E-state index contributed by atoms with van der Waals surface area (Å²) in [5, 5.41) is 29.2. The lowest BCUT2D eigenvalue weighted by Crippen LogP contribution is -2.14. The Kier molecular flexibility index (Phi) is 4.78. The maximum atomic E-state index is 10.1. The highest BCUT2D eigenvalue weighted by molar-refractivity contribution is 8.93. The Morgan fingerprint density at radius 2 is 1.68 bits per heavy atom. The molecule has 0 saturated carbocycles. The predicted molar refractivity (Wildman–Crippen MR) is 91.7 cm³/mol. The summed E-state index contributed by atoms with van der Waals surface area (Å²) in [5.41, 5.74) is 9.41. The van der Waals surface area contributed by atoms with Crippen molar-refractivity contribution in [3.8, 4) is 17.2 Å². The maximum Gasteiger partial charge on any atom is 0.161 e. The Morgan fingerprint density at radius 1 is 1.00 bits per heavy atom. The van der Waals surface area contributed by atoms with E-state index in [0.29, 0.717) is 13.0 Å². The Hall–Kier alpha value is -1.98. The molecular formula is C17H18BrNO3. The van der Waals surface area contributed by atoms with Crippen molar-refractivity contribution >= 4 is 22.6 Å². The fourth-order valence-electron chi connectivity index (χ4n) is 2.86. The van der Waals surface area contributed by atoms with Crippen LogP contribution in [0.5, 0.6) is 17.2 Å². The third kappa shape index (κ3) is 2.82. The van der Waals surface area contributed by atoms with E-state index in [-0.39, 0.29) is 40.1 Å². The van der Waals surface area contributed by atoms with Crippen molar-refractivity contribution in [1.82, 2.24) is 0 Å². The molecule has 0 amide bonds. The van der Waals surface area contributed by atoms with Gasteiger partial charge >= 0.3 is 0 Å². The molecule has 0 saturated heterocycles. The molecule has 0 fully saturated rings. The lowest BCUT2D eigenvalue weighted by molar-refractivity contribution is 0.398. The Balaban J connectivity index is 0.00000176. The van der Waals surface area contributed by atoms with Gasteiger partial charge in [-0.2, -0.15) is 0 Å². The van der Waals surface area contributed by atoms with Gasteiger partial charge in [-0.25, -0.2) is 0 Å². The smallest absolute Gasteiger partial charge is 0.161 e. The molecular weight excluding hydrogens is 346 g/mol. The van der Waals surface area contributed by atoms with Crippen molar-refractivity contribution in [3.63, 3.8) is 0 Å². The molecule has 1 aliphatic carbocycles. The van der Waals surface area contributed by atoms with Crippen LogP contribution in [0.3, 0.4) is 0 Å². The molecule has 1 aliphatic rings. The van der Waals surface area contributed by atoms with E-state index in [4.69, 9.17) is 5.73 Å². The summed E-state index contributed by atoms with van der Waals surface area (Å²) in [5.74, 6) is 0.0923. The summed E-state index contributed by atoms with van der Waals surface area (Å²) in [6.07, 6.45) is 2.68. The average molecular weight is 364 g/mol. The Labute approximate surface area is 139 Å². The van der Waals surface area contributed by atoms with Crippen molar-refractivity contribution < 1.29 is 15.3 Å². The molecule has 0 bridgehead atoms. The van der Waals surface area contributed by atoms with Crippen molar-refractivity contribution in [2.75, 3.05) is 6.54 Å². The van der Waals surface area contributed by atoms with Crippen LogP contribution < -0.4 is 5.73 Å². The molecule has 0 heterocycles. The predicted octanol–water partition coefficient (Wildman–Crippen LogP) is 3.06. The molecule has 22 heavy (non-hydrogen) atoms. The third-order valence-electron chi connectivity index (χ3n) is 3.97. The Morgan fingerprint density at radius 3 is 2.32 bits per heavy atom. The van der Waals surface area contributed by atoms with Gasteiger partial charge in [-0.05, 0) is 41.3 Å². The van der Waals surface area contributed by atoms with Crippen LogP contribution in [-0.2, 0) is 6.42 Å². The third-order valence-corrected chi connectivity index (χ3v) is 3.97. The summed E-state index contributed by atoms with van der Waals surface area (Å²) in [6.45, 7) is 0.367. The SMILES string of the molecule is Br.NCC1=CC(c2ccc(O)cc2)Cc2c1ccc(O)c2O. The van der Waals surface area contributed by atoms with Crippen LogP contribution in [0.1, 0.15) is 22.6 Å². The summed E-state index contributed by atoms with van der Waals surface area (Å²) in [4.78, 5) is 0. The topological polar surface area (TPSA) is 86.7 Å². The van der Waals surface area contributed by atoms with E-state index in [1.54, 1.807) is 18.2 Å². The monoisotopic (exact) mass is 363 g/mol. The molecule has 1 unspecified atom stereocenters. The van der Waals surface area contributed by atoms with Gasteiger partial charge in [0.2, 0.25) is 0 Å². The van der Waals surface area contributed by atoms with E-state index in [9.17, 15) is 15.3 Å². The number of halogens is 1. The van der Waals surface area contributed by atoms with Gasteiger partial charge in [-0.1, -0.05) is 24.3 Å². The molecule has 5 heteroatoms. The highest BCUT2D eigenvalue weighted by atomic mass is 79.9. The lowest BCUT2D eigenvalue weighted by atomic mass is 9.80. The molecule has 2 aromatic carbocycles. The fourth-order valence-corrected chi connectivity index (χ4v) is 2.86. The van der Waals surface area contributed by atoms with Crippen LogP contribution in [0.4, 0.5) is 0 Å². The second-order valence-electron chi connectivity index (χ2n) is 5.26. The summed E-state index contributed by atoms with van der Waals surface area (Å²) < 4.78 is 0. The second kappa shape index (κ2) is 6.42. The first-order valence-corrected chi connectivity index (χ1v) is 6.84. The molecule has 4 nitrogen and oxygen atoms in total. The number of benzene rings is 2. The van der Waals surface area contributed by atoms with E-state index < -0.39 is 0 Å². The zero-order valence-corrected chi connectivity index (χ0v) is 13.6. The van der Waals surface area contributed by atoms with E-state index in [1.165, 1.54) is 6.07 Å². The molecule has 3 rings (SSSR count). The van der Waals surface area contributed by atoms with Crippen LogP contribution in [0.15, 0.2) is 42.5 Å². The molecule has 2 aromatic rings. The summed E-state index contributed by atoms with van der Waals surface area (Å²) >= 11 is 0. The minimum absolute atomic E-state index is 0. The van der Waals surface area contributed by atoms with E-state index >= 15 is 0 Å². The molecule has 5 N–H and O–H groups in total. The zero-order valence-electron chi connectivity index (χ0n) is 11.9. The van der Waals surface area contributed by atoms with Crippen LogP contribution in [0.2, 0.25) is 0 Å². The van der Waals surface area contributed by atoms with E-state index in [1.807, 2.05) is 12.1 Å². The van der Waals surface area contributed by atoms with E-state index in [2.05, 4.69) is 6.08 Å². The van der Waals surface area contributed by atoms with Crippen LogP contribution >= 0.6 is 17.0 Å². The van der Waals surface area contributed by atoms with Gasteiger partial charge in [-0.3, -0.25) is 0 Å². The van der Waals surface area contributed by atoms with Gasteiger partial charge in [0.15, 0.2) is 11.5 Å². The number of hydrogen-bond acceptors (Lipinski definition) is 4. The first-order chi connectivity index (χ1) is 10.1. The molecule has 0 aromatic heterocycles. The van der Waals surface area contributed by atoms with Crippen molar-refractivity contribution in [2.24, 2.45) is 5.73 Å². The molecule has 116 valence electrons. The molecule has 0 radical (unpaired) electrons. The van der Waals surface area contributed by atoms with Crippen molar-refractivity contribution in [3.05, 3.63) is 59.2 Å². The number of rotatable bonds is 2. The quantitative estimate of drug-likeness (QED) is 0.617. The van der Waals surface area contributed by atoms with Gasteiger partial charge < -0.3 is 21.1 Å². The van der Waals surface area contributed by atoms with Crippen molar-refractivity contribution in [2.45, 2.75) is 12.3 Å². The zero-order chi connectivity index (χ0) is 15.0. The van der Waals surface area contributed by atoms with Gasteiger partial charge in [-0.15, -0.1) is 17.0 Å². The number of phenolic OH excluding ortho intramolecular Hbond substituents is 3. The Bertz CT molecular complexity index is 711. The highest BCUT2D eigenvalue weighted by Gasteiger charge is 2.24. The largest absolute Gasteiger partial charge is 0.508 e. The second-order valence-corrected chi connectivity index (χ2v) is 5.26. The summed E-state index contributed by atoms with van der Waals surface area (Å²) in [7, 11) is 0. The normalized spacial score (nSPS) is 16.4. The first kappa shape index (κ1) is 16.4. The van der Waals surface area contributed by atoms with Gasteiger partial charge in [0.1, 0.15) is 5.75 Å². The van der Waals surface area contributed by atoms with Crippen LogP contribution in [0, 0.1) is 0 Å². The van der Waals surface area contributed by atoms with E-state index in [0.717, 1.165) is 22.3 Å². The minimum atomic E-state index is -0.114. The van der Waals surface area contributed by atoms with Gasteiger partial charge in [0, 0.05) is 18.0 Å². The molecule has 0 aliphatic heterocycles. The number of hydrogen-bond donors (Lipinski definition) is 4. The van der Waals surface area contributed by atoms with Crippen LogP contribution in [0.25, 0.3) is 5.57 Å². The molecule has 0 spiro atoms. The molecule has 1 atom stereocenters. The standard InChI is InChI=1S/C17H17NO3.BrH/c18-9-12-7-11(10-1-3-13(19)4-2-10)8-15-14(12)5-6-16(20)17(15)21;/h1-7,11,19-21H,8-9,18H2;1H. The average Bonchev–Trinajstić information content (AvgIpc) is 2.51. The number of fused-ring (bicyclic) bond motifs is 1. The number of aromatic hydroxyl groups is 3. The minimum Gasteiger partial charge on any atom is -0.508 e.